The van der Waals surface area contributed by atoms with E-state index in [2.05, 4.69) is 36.5 Å². The van der Waals surface area contributed by atoms with E-state index < -0.39 is 6.10 Å². The minimum absolute atomic E-state index is 0. The highest BCUT2D eigenvalue weighted by Gasteiger charge is 2.14. The Hall–Kier alpha value is -2.40. The smallest absolute Gasteiger partial charge is 0.166 e. The Balaban J connectivity index is 0.00000320. The van der Waals surface area contributed by atoms with E-state index in [1.54, 1.807) is 12.1 Å². The number of ketones is 1. The number of fused-ring (bicyclic) bond motifs is 1. The lowest BCUT2D eigenvalue weighted by Crippen LogP contribution is -2.32. The number of halogens is 1. The predicted octanol–water partition coefficient (Wildman–Crippen LogP) is 4.82. The number of hydrogen-bond donors (Lipinski definition) is 2. The molecule has 2 N–H and O–H groups in total. The number of aliphatic hydroxyl groups is 1. The van der Waals surface area contributed by atoms with Crippen LogP contribution in [0.25, 0.3) is 10.8 Å². The van der Waals surface area contributed by atoms with Crippen LogP contribution in [0.5, 0.6) is 5.75 Å². The van der Waals surface area contributed by atoms with Crippen molar-refractivity contribution in [2.45, 2.75) is 32.3 Å². The summed E-state index contributed by atoms with van der Waals surface area (Å²) in [5.74, 6) is 0.581. The minimum Gasteiger partial charge on any atom is -0.490 e. The first kappa shape index (κ1) is 23.9. The van der Waals surface area contributed by atoms with Crippen LogP contribution in [-0.2, 0) is 6.42 Å². The summed E-state index contributed by atoms with van der Waals surface area (Å²) in [4.78, 5) is 12.9. The summed E-state index contributed by atoms with van der Waals surface area (Å²) in [6.07, 6.45) is 1.50. The maximum absolute atomic E-state index is 12.9. The molecule has 1 unspecified atom stereocenters. The highest BCUT2D eigenvalue weighted by molar-refractivity contribution is 5.99. The molecule has 3 aromatic carbocycles. The Kier molecular flexibility index (Phi) is 9.81. The first-order chi connectivity index (χ1) is 14.2. The molecule has 4 nitrogen and oxygen atoms in total. The molecule has 0 radical (unpaired) electrons. The van der Waals surface area contributed by atoms with Crippen molar-refractivity contribution in [3.8, 4) is 5.75 Å². The van der Waals surface area contributed by atoms with E-state index in [9.17, 15) is 9.90 Å². The highest BCUT2D eigenvalue weighted by Crippen LogP contribution is 2.23. The van der Waals surface area contributed by atoms with Crippen LogP contribution >= 0.6 is 12.4 Å². The fourth-order valence-corrected chi connectivity index (χ4v) is 3.41. The third kappa shape index (κ3) is 6.56. The predicted molar refractivity (Wildman–Crippen MR) is 125 cm³/mol. The van der Waals surface area contributed by atoms with Gasteiger partial charge in [0.25, 0.3) is 0 Å². The molecule has 0 heterocycles. The molecule has 0 spiro atoms. The van der Waals surface area contributed by atoms with Gasteiger partial charge in [-0.3, -0.25) is 4.79 Å². The number of ether oxygens (including phenoxy) is 1. The fourth-order valence-electron chi connectivity index (χ4n) is 3.41. The maximum atomic E-state index is 12.9. The van der Waals surface area contributed by atoms with Gasteiger partial charge < -0.3 is 15.2 Å². The first-order valence-corrected chi connectivity index (χ1v) is 10.3. The van der Waals surface area contributed by atoms with Crippen LogP contribution in [0.15, 0.2) is 66.7 Å². The van der Waals surface area contributed by atoms with Gasteiger partial charge in [-0.15, -0.1) is 12.4 Å². The fraction of sp³-hybridized carbons (Fsp3) is 0.320. The van der Waals surface area contributed by atoms with Gasteiger partial charge in [-0.25, -0.2) is 0 Å². The zero-order valence-corrected chi connectivity index (χ0v) is 18.2. The Morgan fingerprint density at radius 1 is 1.03 bits per heavy atom. The van der Waals surface area contributed by atoms with Crippen molar-refractivity contribution < 1.29 is 14.6 Å². The van der Waals surface area contributed by atoms with Crippen LogP contribution in [0.2, 0.25) is 0 Å². The molecule has 5 heteroatoms. The number of benzene rings is 3. The summed E-state index contributed by atoms with van der Waals surface area (Å²) in [5.41, 5.74) is 1.74. The average molecular weight is 428 g/mol. The van der Waals surface area contributed by atoms with Crippen molar-refractivity contribution >= 4 is 29.0 Å². The molecule has 0 aliphatic rings. The molecule has 3 rings (SSSR count). The Labute approximate surface area is 184 Å². The number of aliphatic hydroxyl groups excluding tert-OH is 1. The van der Waals surface area contributed by atoms with Crippen LogP contribution in [0.1, 0.15) is 35.7 Å². The summed E-state index contributed by atoms with van der Waals surface area (Å²) in [5, 5.41) is 15.6. The van der Waals surface area contributed by atoms with Crippen molar-refractivity contribution in [3.05, 3.63) is 77.9 Å². The highest BCUT2D eigenvalue weighted by atomic mass is 35.5. The summed E-state index contributed by atoms with van der Waals surface area (Å²) in [6.45, 7) is 3.58. The van der Waals surface area contributed by atoms with Crippen molar-refractivity contribution in [1.29, 1.82) is 0 Å². The number of nitrogens with one attached hydrogen (secondary N) is 1. The molecule has 0 fully saturated rings. The second kappa shape index (κ2) is 12.3. The number of Topliss-reactive ketones (excluding diaryl/α,β-unsaturated/α-hetero) is 1. The molecule has 0 saturated carbocycles. The van der Waals surface area contributed by atoms with Crippen LogP contribution < -0.4 is 10.1 Å². The third-order valence-electron chi connectivity index (χ3n) is 4.93. The molecule has 0 aromatic heterocycles. The van der Waals surface area contributed by atoms with Gasteiger partial charge in [0.15, 0.2) is 5.78 Å². The molecule has 0 saturated heterocycles. The zero-order chi connectivity index (χ0) is 20.5. The van der Waals surface area contributed by atoms with Gasteiger partial charge in [-0.2, -0.15) is 0 Å². The molecule has 0 bridgehead atoms. The molecule has 30 heavy (non-hydrogen) atoms. The van der Waals surface area contributed by atoms with Crippen molar-refractivity contribution in [2.75, 3.05) is 19.7 Å². The van der Waals surface area contributed by atoms with Crippen molar-refractivity contribution in [1.82, 2.24) is 5.32 Å². The summed E-state index contributed by atoms with van der Waals surface area (Å²) < 4.78 is 5.76. The van der Waals surface area contributed by atoms with Gasteiger partial charge in [0.2, 0.25) is 0 Å². The lowest BCUT2D eigenvalue weighted by molar-refractivity contribution is 0.0950. The van der Waals surface area contributed by atoms with E-state index in [1.165, 1.54) is 16.3 Å². The second-order valence-electron chi connectivity index (χ2n) is 7.23. The molecule has 0 amide bonds. The number of carbonyl (C=O) groups is 1. The number of hydrogen-bond acceptors (Lipinski definition) is 4. The van der Waals surface area contributed by atoms with Crippen LogP contribution in [0.3, 0.4) is 0 Å². The third-order valence-corrected chi connectivity index (χ3v) is 4.93. The van der Waals surface area contributed by atoms with Crippen molar-refractivity contribution in [3.63, 3.8) is 0 Å². The summed E-state index contributed by atoms with van der Waals surface area (Å²) in [7, 11) is 0. The Bertz CT molecular complexity index is 939. The van der Waals surface area contributed by atoms with E-state index >= 15 is 0 Å². The SMILES string of the molecule is CCCNCC(O)COc1ccccc1C(=O)CCc1cccc2ccccc12.Cl. The van der Waals surface area contributed by atoms with Gasteiger partial charge in [-0.05, 0) is 47.9 Å². The van der Waals surface area contributed by atoms with E-state index in [1.807, 2.05) is 30.3 Å². The van der Waals surface area contributed by atoms with E-state index in [4.69, 9.17) is 4.74 Å². The Morgan fingerprint density at radius 2 is 1.77 bits per heavy atom. The number of para-hydroxylation sites is 1. The Morgan fingerprint density at radius 3 is 2.60 bits per heavy atom. The largest absolute Gasteiger partial charge is 0.490 e. The molecular weight excluding hydrogens is 398 g/mol. The average Bonchev–Trinajstić information content (AvgIpc) is 2.76. The van der Waals surface area contributed by atoms with E-state index in [-0.39, 0.29) is 24.8 Å². The standard InChI is InChI=1S/C25H29NO3.ClH/c1-2-16-26-17-21(27)18-29-25-13-6-5-12-23(25)24(28)15-14-20-10-7-9-19-8-3-4-11-22(19)20;/h3-13,21,26-27H,2,14-18H2,1H3;1H. The summed E-state index contributed by atoms with van der Waals surface area (Å²) >= 11 is 0. The molecule has 1 atom stereocenters. The second-order valence-corrected chi connectivity index (χ2v) is 7.23. The molecule has 160 valence electrons. The molecule has 0 aliphatic heterocycles. The van der Waals surface area contributed by atoms with Crippen LogP contribution in [0, 0.1) is 0 Å². The molecule has 0 aliphatic carbocycles. The number of aryl methyl sites for hydroxylation is 1. The normalized spacial score (nSPS) is 11.7. The van der Waals surface area contributed by atoms with Gasteiger partial charge in [0, 0.05) is 13.0 Å². The lowest BCUT2D eigenvalue weighted by atomic mass is 9.98. The molecule has 3 aromatic rings. The first-order valence-electron chi connectivity index (χ1n) is 10.3. The molecular formula is C25H30ClNO3. The lowest BCUT2D eigenvalue weighted by Gasteiger charge is -2.15. The number of carbonyl (C=O) groups excluding carboxylic acids is 1. The van der Waals surface area contributed by atoms with Gasteiger partial charge >= 0.3 is 0 Å². The van der Waals surface area contributed by atoms with Gasteiger partial charge in [0.1, 0.15) is 18.5 Å². The zero-order valence-electron chi connectivity index (χ0n) is 17.3. The maximum Gasteiger partial charge on any atom is 0.166 e. The van der Waals surface area contributed by atoms with E-state index in [0.29, 0.717) is 30.7 Å². The topological polar surface area (TPSA) is 58.6 Å². The van der Waals surface area contributed by atoms with Crippen LogP contribution in [0.4, 0.5) is 0 Å². The quantitative estimate of drug-likeness (QED) is 0.340. The van der Waals surface area contributed by atoms with Crippen LogP contribution in [-0.4, -0.2) is 36.7 Å². The minimum atomic E-state index is -0.611. The van der Waals surface area contributed by atoms with Gasteiger partial charge in [0.05, 0.1) is 5.56 Å². The van der Waals surface area contributed by atoms with Gasteiger partial charge in [-0.1, -0.05) is 61.5 Å². The van der Waals surface area contributed by atoms with Crippen molar-refractivity contribution in [2.24, 2.45) is 0 Å². The summed E-state index contributed by atoms with van der Waals surface area (Å²) in [6, 6.07) is 21.7. The number of rotatable bonds is 11. The van der Waals surface area contributed by atoms with E-state index in [0.717, 1.165) is 13.0 Å². The monoisotopic (exact) mass is 427 g/mol.